The molecule has 3 heterocycles. The molecule has 1 saturated heterocycles. The summed E-state index contributed by atoms with van der Waals surface area (Å²) in [4.78, 5) is 6.81. The molecule has 5 nitrogen and oxygen atoms in total. The first kappa shape index (κ1) is 11.5. The molecule has 0 amide bonds. The first-order valence-corrected chi connectivity index (χ1v) is 6.60. The van der Waals surface area contributed by atoms with Crippen LogP contribution in [-0.2, 0) is 6.42 Å². The lowest BCUT2D eigenvalue weighted by Crippen LogP contribution is -2.30. The first-order chi connectivity index (χ1) is 8.76. The fourth-order valence-electron chi connectivity index (χ4n) is 2.82. The molecular weight excluding hydrogens is 226 g/mol. The molecule has 1 unspecified atom stereocenters. The number of likely N-dealkylation sites (N-methyl/N-ethyl adjacent to an activating group) is 1. The van der Waals surface area contributed by atoms with Crippen molar-refractivity contribution >= 4 is 11.3 Å². The van der Waals surface area contributed by atoms with Crippen LogP contribution in [0.15, 0.2) is 18.5 Å². The smallest absolute Gasteiger partial charge is 0.155 e. The van der Waals surface area contributed by atoms with Crippen molar-refractivity contribution in [2.75, 3.05) is 18.8 Å². The van der Waals surface area contributed by atoms with E-state index in [2.05, 4.69) is 28.0 Å². The molecule has 2 aromatic heterocycles. The highest BCUT2D eigenvalue weighted by atomic mass is 15.3. The number of rotatable bonds is 3. The third kappa shape index (κ3) is 2.06. The molecular formula is C13H19N5. The van der Waals surface area contributed by atoms with Crippen molar-refractivity contribution in [1.29, 1.82) is 0 Å². The largest absolute Gasteiger partial charge is 0.396 e. The molecule has 1 aliphatic heterocycles. The normalized spacial score (nSPS) is 20.8. The van der Waals surface area contributed by atoms with Gasteiger partial charge in [0.25, 0.3) is 0 Å². The summed E-state index contributed by atoms with van der Waals surface area (Å²) >= 11 is 0. The molecule has 96 valence electrons. The van der Waals surface area contributed by atoms with Crippen LogP contribution >= 0.6 is 0 Å². The number of anilines is 1. The van der Waals surface area contributed by atoms with Crippen LogP contribution in [0.2, 0.25) is 0 Å². The highest BCUT2D eigenvalue weighted by Gasteiger charge is 2.23. The summed E-state index contributed by atoms with van der Waals surface area (Å²) in [5.41, 5.74) is 8.34. The highest BCUT2D eigenvalue weighted by molar-refractivity contribution is 5.44. The van der Waals surface area contributed by atoms with Crippen LogP contribution in [0, 0.1) is 0 Å². The molecule has 0 aromatic carbocycles. The van der Waals surface area contributed by atoms with Crippen LogP contribution < -0.4 is 5.73 Å². The van der Waals surface area contributed by atoms with E-state index in [0.717, 1.165) is 24.3 Å². The maximum Gasteiger partial charge on any atom is 0.155 e. The molecule has 18 heavy (non-hydrogen) atoms. The number of nitrogen functional groups attached to an aromatic ring is 1. The Balaban J connectivity index is 1.82. The molecule has 2 aromatic rings. The third-order valence-electron chi connectivity index (χ3n) is 3.73. The number of hydrogen-bond donors (Lipinski definition) is 1. The zero-order chi connectivity index (χ0) is 12.5. The molecule has 0 aliphatic carbocycles. The molecule has 5 heteroatoms. The minimum atomic E-state index is 0.636. The molecule has 1 fully saturated rings. The van der Waals surface area contributed by atoms with Gasteiger partial charge >= 0.3 is 0 Å². The third-order valence-corrected chi connectivity index (χ3v) is 3.73. The minimum absolute atomic E-state index is 0.636. The minimum Gasteiger partial charge on any atom is -0.396 e. The van der Waals surface area contributed by atoms with Gasteiger partial charge in [-0.05, 0) is 25.9 Å². The fraction of sp³-hybridized carbons (Fsp3) is 0.538. The lowest BCUT2D eigenvalue weighted by molar-refractivity contribution is 0.264. The summed E-state index contributed by atoms with van der Waals surface area (Å²) in [6.07, 6.45) is 7.08. The summed E-state index contributed by atoms with van der Waals surface area (Å²) in [6, 6.07) is 2.70. The van der Waals surface area contributed by atoms with Gasteiger partial charge in [-0.1, -0.05) is 6.92 Å². The average molecular weight is 245 g/mol. The van der Waals surface area contributed by atoms with E-state index in [0.29, 0.717) is 11.7 Å². The van der Waals surface area contributed by atoms with Crippen LogP contribution in [-0.4, -0.2) is 38.6 Å². The Labute approximate surface area is 107 Å². The SMILES string of the molecule is CCN1CCCC1Cc1cc2ncc(N)cn2n1. The number of hydrogen-bond acceptors (Lipinski definition) is 4. The van der Waals surface area contributed by atoms with Crippen molar-refractivity contribution in [3.63, 3.8) is 0 Å². The molecule has 1 atom stereocenters. The molecule has 1 aliphatic rings. The zero-order valence-corrected chi connectivity index (χ0v) is 10.7. The Hall–Kier alpha value is -1.62. The summed E-state index contributed by atoms with van der Waals surface area (Å²) in [5, 5.41) is 4.55. The second-order valence-electron chi connectivity index (χ2n) is 4.95. The molecule has 3 rings (SSSR count). The van der Waals surface area contributed by atoms with E-state index in [1.807, 2.05) is 6.20 Å². The lowest BCUT2D eigenvalue weighted by Gasteiger charge is -2.21. The predicted octanol–water partition coefficient (Wildman–Crippen LogP) is 1.34. The van der Waals surface area contributed by atoms with Crippen LogP contribution in [0.4, 0.5) is 5.69 Å². The van der Waals surface area contributed by atoms with Gasteiger partial charge in [-0.3, -0.25) is 0 Å². The second-order valence-corrected chi connectivity index (χ2v) is 4.95. The monoisotopic (exact) mass is 245 g/mol. The maximum absolute atomic E-state index is 5.71. The predicted molar refractivity (Wildman–Crippen MR) is 71.4 cm³/mol. The molecule has 0 saturated carbocycles. The first-order valence-electron chi connectivity index (χ1n) is 6.60. The van der Waals surface area contributed by atoms with Gasteiger partial charge in [0, 0.05) is 18.5 Å². The Morgan fingerprint density at radius 3 is 3.22 bits per heavy atom. The summed E-state index contributed by atoms with van der Waals surface area (Å²) in [5.74, 6) is 0. The fourth-order valence-corrected chi connectivity index (χ4v) is 2.82. The van der Waals surface area contributed by atoms with Crippen molar-refractivity contribution in [1.82, 2.24) is 19.5 Å². The van der Waals surface area contributed by atoms with Crippen molar-refractivity contribution in [3.8, 4) is 0 Å². The number of likely N-dealkylation sites (tertiary alicyclic amines) is 1. The topological polar surface area (TPSA) is 59.5 Å². The Morgan fingerprint density at radius 2 is 2.39 bits per heavy atom. The molecule has 0 radical (unpaired) electrons. The molecule has 0 spiro atoms. The van der Waals surface area contributed by atoms with E-state index in [1.165, 1.54) is 19.4 Å². The van der Waals surface area contributed by atoms with E-state index < -0.39 is 0 Å². The number of aromatic nitrogens is 3. The zero-order valence-electron chi connectivity index (χ0n) is 10.7. The van der Waals surface area contributed by atoms with Gasteiger partial charge in [-0.2, -0.15) is 5.10 Å². The number of nitrogens with zero attached hydrogens (tertiary/aromatic N) is 4. The van der Waals surface area contributed by atoms with E-state index in [1.54, 1.807) is 10.7 Å². The summed E-state index contributed by atoms with van der Waals surface area (Å²) in [6.45, 7) is 4.58. The van der Waals surface area contributed by atoms with E-state index in [4.69, 9.17) is 5.73 Å². The van der Waals surface area contributed by atoms with Gasteiger partial charge in [0.1, 0.15) is 0 Å². The van der Waals surface area contributed by atoms with E-state index in [-0.39, 0.29) is 0 Å². The maximum atomic E-state index is 5.71. The highest BCUT2D eigenvalue weighted by Crippen LogP contribution is 2.20. The average Bonchev–Trinajstić information content (AvgIpc) is 2.94. The van der Waals surface area contributed by atoms with Crippen molar-refractivity contribution in [2.45, 2.75) is 32.2 Å². The standard InChI is InChI=1S/C13H19N5/c1-2-17-5-3-4-12(17)6-11-7-13-15-8-10(14)9-18(13)16-11/h7-9,12H,2-6,14H2,1H3. The Bertz CT molecular complexity index is 547. The second kappa shape index (κ2) is 4.57. The number of nitrogens with two attached hydrogens (primary N) is 1. The van der Waals surface area contributed by atoms with Crippen LogP contribution in [0.1, 0.15) is 25.5 Å². The quantitative estimate of drug-likeness (QED) is 0.886. The van der Waals surface area contributed by atoms with Gasteiger partial charge < -0.3 is 10.6 Å². The van der Waals surface area contributed by atoms with Crippen molar-refractivity contribution in [3.05, 3.63) is 24.2 Å². The summed E-state index contributed by atoms with van der Waals surface area (Å²) < 4.78 is 1.77. The Kier molecular flexibility index (Phi) is 2.91. The lowest BCUT2D eigenvalue weighted by atomic mass is 10.1. The van der Waals surface area contributed by atoms with Gasteiger partial charge in [-0.15, -0.1) is 0 Å². The molecule has 0 bridgehead atoms. The van der Waals surface area contributed by atoms with Crippen LogP contribution in [0.5, 0.6) is 0 Å². The Morgan fingerprint density at radius 1 is 1.50 bits per heavy atom. The van der Waals surface area contributed by atoms with Gasteiger partial charge in [0.2, 0.25) is 0 Å². The van der Waals surface area contributed by atoms with E-state index in [9.17, 15) is 0 Å². The van der Waals surface area contributed by atoms with Crippen LogP contribution in [0.25, 0.3) is 5.65 Å². The molecule has 2 N–H and O–H groups in total. The van der Waals surface area contributed by atoms with Crippen LogP contribution in [0.3, 0.4) is 0 Å². The summed E-state index contributed by atoms with van der Waals surface area (Å²) in [7, 11) is 0. The van der Waals surface area contributed by atoms with Crippen molar-refractivity contribution in [2.24, 2.45) is 0 Å². The van der Waals surface area contributed by atoms with Gasteiger partial charge in [-0.25, -0.2) is 9.50 Å². The number of fused-ring (bicyclic) bond motifs is 1. The van der Waals surface area contributed by atoms with Gasteiger partial charge in [0.15, 0.2) is 5.65 Å². The van der Waals surface area contributed by atoms with Gasteiger partial charge in [0.05, 0.1) is 23.8 Å². The van der Waals surface area contributed by atoms with Crippen molar-refractivity contribution < 1.29 is 0 Å². The van der Waals surface area contributed by atoms with E-state index >= 15 is 0 Å².